The summed E-state index contributed by atoms with van der Waals surface area (Å²) in [5, 5.41) is 6.47. The van der Waals surface area contributed by atoms with E-state index in [2.05, 4.69) is 32.2 Å². The van der Waals surface area contributed by atoms with Gasteiger partial charge >= 0.3 is 0 Å². The molecule has 3 rings (SSSR count). The van der Waals surface area contributed by atoms with Gasteiger partial charge in [0.25, 0.3) is 0 Å². The summed E-state index contributed by atoms with van der Waals surface area (Å²) in [6.07, 6.45) is 3.32. The third-order valence-corrected chi connectivity index (χ3v) is 4.53. The highest BCUT2D eigenvalue weighted by atomic mass is 16.5. The van der Waals surface area contributed by atoms with Gasteiger partial charge in [-0.05, 0) is 31.6 Å². The molecule has 0 bridgehead atoms. The molecule has 8 heteroatoms. The molecule has 0 aliphatic heterocycles. The summed E-state index contributed by atoms with van der Waals surface area (Å²) in [4.78, 5) is 25.0. The number of benzene rings is 1. The number of pyridine rings is 1. The molecule has 160 valence electrons. The molecule has 8 nitrogen and oxygen atoms in total. The lowest BCUT2D eigenvalue weighted by Crippen LogP contribution is -2.06. The first kappa shape index (κ1) is 21.8. The van der Waals surface area contributed by atoms with E-state index in [0.717, 1.165) is 22.4 Å². The number of ether oxygens (including phenoxy) is 2. The molecule has 0 fully saturated rings. The number of hydrogen-bond acceptors (Lipinski definition) is 8. The summed E-state index contributed by atoms with van der Waals surface area (Å²) in [7, 11) is 3.07. The minimum Gasteiger partial charge on any atom is -0.481 e. The normalized spacial score (nSPS) is 10.3. The van der Waals surface area contributed by atoms with Crippen LogP contribution in [-0.4, -0.2) is 35.0 Å². The van der Waals surface area contributed by atoms with Gasteiger partial charge in [-0.2, -0.15) is 9.97 Å². The molecular formula is C23H25N5O3. The van der Waals surface area contributed by atoms with Gasteiger partial charge in [-0.25, -0.2) is 4.98 Å². The van der Waals surface area contributed by atoms with Gasteiger partial charge in [-0.3, -0.25) is 4.79 Å². The van der Waals surface area contributed by atoms with Crippen LogP contribution in [-0.2, 0) is 11.2 Å². The van der Waals surface area contributed by atoms with Crippen molar-refractivity contribution in [3.63, 3.8) is 0 Å². The maximum atomic E-state index is 11.9. The highest BCUT2D eigenvalue weighted by molar-refractivity contribution is 5.92. The van der Waals surface area contributed by atoms with Crippen LogP contribution in [0.15, 0.2) is 49.2 Å². The number of carbonyl (C=O) groups is 1. The SMILES string of the molecule is C=CC(=O)Cc1cc(C)ccc1Nc1nc(Nc2cc(OC)nc(OC)c2)ncc1C. The molecule has 31 heavy (non-hydrogen) atoms. The van der Waals surface area contributed by atoms with Crippen molar-refractivity contribution in [2.45, 2.75) is 20.3 Å². The number of hydrogen-bond donors (Lipinski definition) is 2. The van der Waals surface area contributed by atoms with E-state index in [-0.39, 0.29) is 12.2 Å². The van der Waals surface area contributed by atoms with Crippen LogP contribution in [0.25, 0.3) is 0 Å². The smallest absolute Gasteiger partial charge is 0.229 e. The first-order valence-electron chi connectivity index (χ1n) is 9.64. The van der Waals surface area contributed by atoms with Crippen LogP contribution in [0.1, 0.15) is 16.7 Å². The van der Waals surface area contributed by atoms with Crippen LogP contribution < -0.4 is 20.1 Å². The zero-order valence-corrected chi connectivity index (χ0v) is 18.0. The van der Waals surface area contributed by atoms with Gasteiger partial charge < -0.3 is 20.1 Å². The Balaban J connectivity index is 1.89. The van der Waals surface area contributed by atoms with Crippen molar-refractivity contribution in [2.75, 3.05) is 24.9 Å². The zero-order valence-electron chi connectivity index (χ0n) is 18.0. The van der Waals surface area contributed by atoms with Crippen molar-refractivity contribution < 1.29 is 14.3 Å². The molecule has 0 aliphatic rings. The van der Waals surface area contributed by atoms with Crippen LogP contribution in [0.2, 0.25) is 0 Å². The van der Waals surface area contributed by atoms with Crippen molar-refractivity contribution in [1.82, 2.24) is 15.0 Å². The summed E-state index contributed by atoms with van der Waals surface area (Å²) in [6.45, 7) is 7.46. The average Bonchev–Trinajstić information content (AvgIpc) is 2.77. The average molecular weight is 419 g/mol. The van der Waals surface area contributed by atoms with Crippen LogP contribution >= 0.6 is 0 Å². The maximum absolute atomic E-state index is 11.9. The topological polar surface area (TPSA) is 98.3 Å². The number of methoxy groups -OCH3 is 2. The molecule has 1 aromatic carbocycles. The largest absolute Gasteiger partial charge is 0.481 e. The lowest BCUT2D eigenvalue weighted by atomic mass is 10.0. The third-order valence-electron chi connectivity index (χ3n) is 4.53. The van der Waals surface area contributed by atoms with E-state index in [1.165, 1.54) is 20.3 Å². The fraction of sp³-hybridized carbons (Fsp3) is 0.217. The predicted molar refractivity (Wildman–Crippen MR) is 121 cm³/mol. The highest BCUT2D eigenvalue weighted by Gasteiger charge is 2.11. The molecule has 2 heterocycles. The van der Waals surface area contributed by atoms with Crippen LogP contribution in [0.5, 0.6) is 11.8 Å². The van der Waals surface area contributed by atoms with Crippen molar-refractivity contribution in [3.8, 4) is 11.8 Å². The molecule has 0 aliphatic carbocycles. The Morgan fingerprint density at radius 3 is 2.42 bits per heavy atom. The van der Waals surface area contributed by atoms with E-state index in [9.17, 15) is 4.79 Å². The zero-order chi connectivity index (χ0) is 22.4. The molecule has 0 atom stereocenters. The van der Waals surface area contributed by atoms with E-state index in [0.29, 0.717) is 29.2 Å². The van der Waals surface area contributed by atoms with E-state index in [1.807, 2.05) is 32.0 Å². The Labute approximate surface area is 181 Å². The van der Waals surface area contributed by atoms with Gasteiger partial charge in [0.05, 0.1) is 19.9 Å². The molecule has 0 radical (unpaired) electrons. The summed E-state index contributed by atoms with van der Waals surface area (Å²) >= 11 is 0. The minimum atomic E-state index is -0.0454. The van der Waals surface area contributed by atoms with Gasteiger partial charge in [0.15, 0.2) is 5.78 Å². The predicted octanol–water partition coefficient (Wildman–Crippen LogP) is 4.29. The molecular weight excluding hydrogens is 394 g/mol. The highest BCUT2D eigenvalue weighted by Crippen LogP contribution is 2.27. The lowest BCUT2D eigenvalue weighted by Gasteiger charge is -2.15. The third kappa shape index (κ3) is 5.57. The van der Waals surface area contributed by atoms with Gasteiger partial charge in [0, 0.05) is 36.0 Å². The molecule has 2 aromatic heterocycles. The van der Waals surface area contributed by atoms with Crippen LogP contribution in [0.4, 0.5) is 23.1 Å². The number of carbonyl (C=O) groups excluding carboxylic acids is 1. The molecule has 0 saturated heterocycles. The summed E-state index contributed by atoms with van der Waals surface area (Å²) in [5.41, 5.74) is 4.28. The number of anilines is 4. The summed E-state index contributed by atoms with van der Waals surface area (Å²) < 4.78 is 10.4. The Bertz CT molecular complexity index is 1090. The standard InChI is InChI=1S/C23H25N5O3/c1-6-18(29)10-16-9-14(2)7-8-19(16)26-22-15(3)13-24-23(28-22)25-17-11-20(30-4)27-21(12-17)31-5/h6-9,11-13H,1,10H2,2-5H3,(H2,24,25,26,27,28). The van der Waals surface area contributed by atoms with E-state index in [1.54, 1.807) is 18.3 Å². The fourth-order valence-corrected chi connectivity index (χ4v) is 2.90. The Morgan fingerprint density at radius 2 is 1.77 bits per heavy atom. The second-order valence-corrected chi connectivity index (χ2v) is 6.92. The number of aryl methyl sites for hydroxylation is 2. The second kappa shape index (κ2) is 9.71. The molecule has 0 saturated carbocycles. The fourth-order valence-electron chi connectivity index (χ4n) is 2.90. The Morgan fingerprint density at radius 1 is 1.06 bits per heavy atom. The molecule has 2 N–H and O–H groups in total. The van der Waals surface area contributed by atoms with E-state index >= 15 is 0 Å². The number of allylic oxidation sites excluding steroid dienone is 1. The summed E-state index contributed by atoms with van der Waals surface area (Å²) in [6, 6.07) is 9.34. The number of rotatable bonds is 9. The van der Waals surface area contributed by atoms with Gasteiger partial charge in [0.2, 0.25) is 17.7 Å². The minimum absolute atomic E-state index is 0.0454. The van der Waals surface area contributed by atoms with Crippen molar-refractivity contribution in [1.29, 1.82) is 0 Å². The lowest BCUT2D eigenvalue weighted by molar-refractivity contribution is -0.114. The Kier molecular flexibility index (Phi) is 6.81. The number of aromatic nitrogens is 3. The number of ketones is 1. The first-order valence-corrected chi connectivity index (χ1v) is 9.64. The molecule has 0 amide bonds. The van der Waals surface area contributed by atoms with E-state index in [4.69, 9.17) is 9.47 Å². The quantitative estimate of drug-likeness (QED) is 0.496. The summed E-state index contributed by atoms with van der Waals surface area (Å²) in [5.74, 6) is 1.78. The maximum Gasteiger partial charge on any atom is 0.229 e. The van der Waals surface area contributed by atoms with Crippen LogP contribution in [0.3, 0.4) is 0 Å². The van der Waals surface area contributed by atoms with Crippen molar-refractivity contribution >= 4 is 28.9 Å². The molecule has 0 unspecified atom stereocenters. The molecule has 3 aromatic rings. The van der Waals surface area contributed by atoms with Crippen LogP contribution in [0, 0.1) is 13.8 Å². The van der Waals surface area contributed by atoms with Gasteiger partial charge in [-0.15, -0.1) is 0 Å². The van der Waals surface area contributed by atoms with Gasteiger partial charge in [0.1, 0.15) is 5.82 Å². The molecule has 0 spiro atoms. The van der Waals surface area contributed by atoms with Gasteiger partial charge in [-0.1, -0.05) is 24.3 Å². The monoisotopic (exact) mass is 419 g/mol. The second-order valence-electron chi connectivity index (χ2n) is 6.92. The van der Waals surface area contributed by atoms with Crippen molar-refractivity contribution in [3.05, 3.63) is 65.9 Å². The first-order chi connectivity index (χ1) is 14.9. The number of nitrogens with zero attached hydrogens (tertiary/aromatic N) is 3. The van der Waals surface area contributed by atoms with Crippen molar-refractivity contribution in [2.24, 2.45) is 0 Å². The Hall–Kier alpha value is -3.94. The number of nitrogens with one attached hydrogen (secondary N) is 2. The van der Waals surface area contributed by atoms with E-state index < -0.39 is 0 Å².